The summed E-state index contributed by atoms with van der Waals surface area (Å²) >= 11 is 5.43. The molecule has 0 aliphatic carbocycles. The Bertz CT molecular complexity index is 831. The number of benzene rings is 1. The van der Waals surface area contributed by atoms with Crippen LogP contribution in [0.15, 0.2) is 10.9 Å². The van der Waals surface area contributed by atoms with Crippen LogP contribution in [0.5, 0.6) is 5.75 Å². The molecule has 1 N–H and O–H groups in total. The van der Waals surface area contributed by atoms with Crippen molar-refractivity contribution in [1.82, 2.24) is 9.13 Å². The molecule has 0 radical (unpaired) electrons. The summed E-state index contributed by atoms with van der Waals surface area (Å²) in [6.07, 6.45) is 0. The molecule has 112 valence electrons. The first-order valence-corrected chi connectivity index (χ1v) is 7.18. The quantitative estimate of drug-likeness (QED) is 0.823. The molecule has 21 heavy (non-hydrogen) atoms. The van der Waals surface area contributed by atoms with E-state index in [1.54, 1.807) is 10.6 Å². The topological polar surface area (TPSA) is 47.2 Å². The summed E-state index contributed by atoms with van der Waals surface area (Å²) in [5.74, 6) is 0.220. The van der Waals surface area contributed by atoms with Crippen LogP contribution in [0.4, 0.5) is 0 Å². The number of phenols is 1. The molecule has 0 saturated heterocycles. The number of hydrogen-bond donors (Lipinski definition) is 1. The van der Waals surface area contributed by atoms with Gasteiger partial charge >= 0.3 is 0 Å². The zero-order valence-electron chi connectivity index (χ0n) is 13.2. The summed E-state index contributed by atoms with van der Waals surface area (Å²) in [7, 11) is 1.83. The highest BCUT2D eigenvalue weighted by Crippen LogP contribution is 2.33. The molecule has 2 rings (SSSR count). The fraction of sp³-hybridized carbons (Fsp3) is 0.375. The molecule has 4 nitrogen and oxygen atoms in total. The van der Waals surface area contributed by atoms with Gasteiger partial charge in [-0.1, -0.05) is 0 Å². The van der Waals surface area contributed by atoms with E-state index in [0.717, 1.165) is 22.4 Å². The molecule has 1 aromatic carbocycles. The molecular weight excluding hydrogens is 284 g/mol. The van der Waals surface area contributed by atoms with Gasteiger partial charge in [-0.05, 0) is 63.5 Å². The summed E-state index contributed by atoms with van der Waals surface area (Å²) in [4.78, 5) is 12.4. The van der Waals surface area contributed by atoms with Crippen LogP contribution in [0.3, 0.4) is 0 Å². The van der Waals surface area contributed by atoms with Crippen LogP contribution in [0.25, 0.3) is 5.69 Å². The SMILES string of the molecule is Cc1c(C)c(O)c(C)c(-n2c(=O)cc(C)n(C)c2=S)c1C. The molecule has 0 aliphatic rings. The minimum Gasteiger partial charge on any atom is -0.507 e. The van der Waals surface area contributed by atoms with Crippen LogP contribution in [-0.4, -0.2) is 14.2 Å². The largest absolute Gasteiger partial charge is 0.507 e. The van der Waals surface area contributed by atoms with Crippen molar-refractivity contribution in [2.75, 3.05) is 0 Å². The van der Waals surface area contributed by atoms with Gasteiger partial charge in [0, 0.05) is 24.4 Å². The number of aryl methyl sites for hydroxylation is 1. The van der Waals surface area contributed by atoms with E-state index >= 15 is 0 Å². The number of rotatable bonds is 1. The first kappa shape index (κ1) is 15.5. The molecule has 0 saturated carbocycles. The fourth-order valence-corrected chi connectivity index (χ4v) is 2.91. The average molecular weight is 304 g/mol. The van der Waals surface area contributed by atoms with Crippen molar-refractivity contribution in [3.05, 3.63) is 49.1 Å². The maximum atomic E-state index is 12.4. The normalized spacial score (nSPS) is 11.0. The third-order valence-corrected chi connectivity index (χ3v) is 4.79. The third-order valence-electron chi connectivity index (χ3n) is 4.33. The molecule has 5 heteroatoms. The molecular formula is C16H20N2O2S. The Labute approximate surface area is 129 Å². The second-order valence-electron chi connectivity index (χ2n) is 5.50. The maximum Gasteiger partial charge on any atom is 0.259 e. The number of nitrogens with zero attached hydrogens (tertiary/aromatic N) is 2. The molecule has 1 aromatic heterocycles. The van der Waals surface area contributed by atoms with Crippen molar-refractivity contribution in [1.29, 1.82) is 0 Å². The molecule has 0 aliphatic heterocycles. The summed E-state index contributed by atoms with van der Waals surface area (Å²) in [5.41, 5.74) is 4.75. The van der Waals surface area contributed by atoms with Crippen molar-refractivity contribution in [3.63, 3.8) is 0 Å². The van der Waals surface area contributed by atoms with Gasteiger partial charge in [0.1, 0.15) is 5.75 Å². The van der Waals surface area contributed by atoms with Gasteiger partial charge < -0.3 is 9.67 Å². The Balaban J connectivity index is 3.04. The molecule has 1 heterocycles. The van der Waals surface area contributed by atoms with E-state index in [4.69, 9.17) is 12.2 Å². The monoisotopic (exact) mass is 304 g/mol. The molecule has 0 unspecified atom stereocenters. The Morgan fingerprint density at radius 3 is 2.14 bits per heavy atom. The highest BCUT2D eigenvalue weighted by atomic mass is 32.1. The highest BCUT2D eigenvalue weighted by Gasteiger charge is 2.18. The molecule has 0 bridgehead atoms. The molecule has 0 spiro atoms. The number of aromatic nitrogens is 2. The summed E-state index contributed by atoms with van der Waals surface area (Å²) in [6, 6.07) is 1.56. The summed E-state index contributed by atoms with van der Waals surface area (Å²) in [6.45, 7) is 9.42. The first-order valence-electron chi connectivity index (χ1n) is 6.77. The minimum absolute atomic E-state index is 0.176. The van der Waals surface area contributed by atoms with Gasteiger partial charge in [0.15, 0.2) is 4.77 Å². The molecule has 0 atom stereocenters. The van der Waals surface area contributed by atoms with Gasteiger partial charge in [-0.2, -0.15) is 0 Å². The Morgan fingerprint density at radius 1 is 1.00 bits per heavy atom. The minimum atomic E-state index is -0.176. The second-order valence-corrected chi connectivity index (χ2v) is 5.86. The highest BCUT2D eigenvalue weighted by molar-refractivity contribution is 7.71. The van der Waals surface area contributed by atoms with E-state index in [0.29, 0.717) is 16.0 Å². The zero-order chi connectivity index (χ0) is 16.1. The molecule has 2 aromatic rings. The Hall–Kier alpha value is -1.88. The smallest absolute Gasteiger partial charge is 0.259 e. The van der Waals surface area contributed by atoms with Crippen LogP contribution in [-0.2, 0) is 7.05 Å². The lowest BCUT2D eigenvalue weighted by molar-refractivity contribution is 0.465. The van der Waals surface area contributed by atoms with Gasteiger partial charge in [-0.25, -0.2) is 0 Å². The van der Waals surface area contributed by atoms with E-state index in [1.807, 2.05) is 41.7 Å². The van der Waals surface area contributed by atoms with Crippen LogP contribution < -0.4 is 5.56 Å². The lowest BCUT2D eigenvalue weighted by atomic mass is 9.97. The van der Waals surface area contributed by atoms with Crippen molar-refractivity contribution < 1.29 is 5.11 Å². The van der Waals surface area contributed by atoms with Crippen molar-refractivity contribution in [3.8, 4) is 11.4 Å². The van der Waals surface area contributed by atoms with Gasteiger partial charge in [0.25, 0.3) is 5.56 Å². The van der Waals surface area contributed by atoms with Gasteiger partial charge in [-0.15, -0.1) is 0 Å². The lowest BCUT2D eigenvalue weighted by Gasteiger charge is -2.20. The van der Waals surface area contributed by atoms with E-state index in [-0.39, 0.29) is 11.3 Å². The third kappa shape index (κ3) is 2.21. The average Bonchev–Trinajstić information content (AvgIpc) is 2.44. The maximum absolute atomic E-state index is 12.4. The fourth-order valence-electron chi connectivity index (χ4n) is 2.59. The van der Waals surface area contributed by atoms with E-state index < -0.39 is 0 Å². The van der Waals surface area contributed by atoms with Crippen LogP contribution >= 0.6 is 12.2 Å². The van der Waals surface area contributed by atoms with E-state index in [1.165, 1.54) is 4.57 Å². The van der Waals surface area contributed by atoms with Crippen molar-refractivity contribution in [2.24, 2.45) is 7.05 Å². The summed E-state index contributed by atoms with van der Waals surface area (Å²) in [5, 5.41) is 10.3. The van der Waals surface area contributed by atoms with Crippen LogP contribution in [0.2, 0.25) is 0 Å². The zero-order valence-corrected chi connectivity index (χ0v) is 14.1. The predicted octanol–water partition coefficient (Wildman–Crippen LogP) is 3.15. The second kappa shape index (κ2) is 5.15. The van der Waals surface area contributed by atoms with Crippen LogP contribution in [0.1, 0.15) is 27.9 Å². The van der Waals surface area contributed by atoms with E-state index in [2.05, 4.69) is 0 Å². The predicted molar refractivity (Wildman–Crippen MR) is 87.2 cm³/mol. The van der Waals surface area contributed by atoms with Crippen molar-refractivity contribution in [2.45, 2.75) is 34.6 Å². The standard InChI is InChI=1S/C16H20N2O2S/c1-8-7-13(19)18(16(21)17(8)6)14-10(3)9(2)11(4)15(20)12(14)5/h7,20H,1-6H3. The van der Waals surface area contributed by atoms with Crippen LogP contribution in [0, 0.1) is 39.4 Å². The van der Waals surface area contributed by atoms with E-state index in [9.17, 15) is 9.90 Å². The summed E-state index contributed by atoms with van der Waals surface area (Å²) < 4.78 is 3.72. The lowest BCUT2D eigenvalue weighted by Crippen LogP contribution is -2.25. The number of hydrogen-bond acceptors (Lipinski definition) is 3. The number of aromatic hydroxyl groups is 1. The van der Waals surface area contributed by atoms with Gasteiger partial charge in [0.2, 0.25) is 0 Å². The number of phenolic OH excluding ortho intramolecular Hbond substituents is 1. The first-order chi connectivity index (χ1) is 9.68. The van der Waals surface area contributed by atoms with Crippen molar-refractivity contribution >= 4 is 12.2 Å². The van der Waals surface area contributed by atoms with Gasteiger partial charge in [0.05, 0.1) is 5.69 Å². The van der Waals surface area contributed by atoms with Gasteiger partial charge in [-0.3, -0.25) is 9.36 Å². The molecule has 0 amide bonds. The molecule has 0 fully saturated rings. The Morgan fingerprint density at radius 2 is 1.57 bits per heavy atom. The Kier molecular flexibility index (Phi) is 3.80.